The molecule has 1 aliphatic rings. The number of amides is 1. The van der Waals surface area contributed by atoms with Gasteiger partial charge in [0.15, 0.2) is 0 Å². The molecule has 0 radical (unpaired) electrons. The second kappa shape index (κ2) is 5.49. The Morgan fingerprint density at radius 3 is 2.47 bits per heavy atom. The highest BCUT2D eigenvalue weighted by atomic mass is 16.4. The van der Waals surface area contributed by atoms with E-state index in [0.717, 1.165) is 25.7 Å². The van der Waals surface area contributed by atoms with Gasteiger partial charge in [0, 0.05) is 12.6 Å². The third-order valence-corrected chi connectivity index (χ3v) is 3.44. The first kappa shape index (κ1) is 14.0. The molecule has 0 bridgehead atoms. The standard InChI is InChI=1S/C12H22N2O3/c1-12(2,11(16)17)7-14-10(15)8-5-3-4-6-9(8)13/h8-9H,3-7,13H2,1-2H3,(H,14,15)(H,16,17). The van der Waals surface area contributed by atoms with Gasteiger partial charge < -0.3 is 16.2 Å². The van der Waals surface area contributed by atoms with Crippen molar-refractivity contribution < 1.29 is 14.7 Å². The fraction of sp³-hybridized carbons (Fsp3) is 0.833. The van der Waals surface area contributed by atoms with Crippen molar-refractivity contribution in [3.8, 4) is 0 Å². The highest BCUT2D eigenvalue weighted by Crippen LogP contribution is 2.23. The molecule has 4 N–H and O–H groups in total. The molecule has 1 aliphatic carbocycles. The lowest BCUT2D eigenvalue weighted by Gasteiger charge is -2.29. The first-order valence-electron chi connectivity index (χ1n) is 6.11. The van der Waals surface area contributed by atoms with Crippen molar-refractivity contribution in [2.75, 3.05) is 6.54 Å². The van der Waals surface area contributed by atoms with E-state index in [9.17, 15) is 9.59 Å². The van der Waals surface area contributed by atoms with E-state index in [2.05, 4.69) is 5.32 Å². The largest absolute Gasteiger partial charge is 0.481 e. The van der Waals surface area contributed by atoms with Crippen LogP contribution in [0.2, 0.25) is 0 Å². The van der Waals surface area contributed by atoms with Crippen LogP contribution >= 0.6 is 0 Å². The Bertz CT molecular complexity index is 302. The molecule has 0 aromatic carbocycles. The Labute approximate surface area is 102 Å². The van der Waals surface area contributed by atoms with E-state index in [4.69, 9.17) is 10.8 Å². The van der Waals surface area contributed by atoms with E-state index in [-0.39, 0.29) is 24.4 Å². The lowest BCUT2D eigenvalue weighted by Crippen LogP contribution is -2.47. The van der Waals surface area contributed by atoms with Gasteiger partial charge in [-0.1, -0.05) is 12.8 Å². The average Bonchev–Trinajstić information content (AvgIpc) is 2.26. The van der Waals surface area contributed by atoms with Crippen molar-refractivity contribution in [3.63, 3.8) is 0 Å². The number of carbonyl (C=O) groups excluding carboxylic acids is 1. The summed E-state index contributed by atoms with van der Waals surface area (Å²) in [5, 5.41) is 11.6. The smallest absolute Gasteiger partial charge is 0.310 e. The number of nitrogens with one attached hydrogen (secondary N) is 1. The summed E-state index contributed by atoms with van der Waals surface area (Å²) < 4.78 is 0. The van der Waals surface area contributed by atoms with Crippen molar-refractivity contribution in [1.82, 2.24) is 5.32 Å². The monoisotopic (exact) mass is 242 g/mol. The van der Waals surface area contributed by atoms with Crippen molar-refractivity contribution in [2.45, 2.75) is 45.6 Å². The molecule has 1 saturated carbocycles. The lowest BCUT2D eigenvalue weighted by atomic mass is 9.84. The van der Waals surface area contributed by atoms with Crippen LogP contribution in [-0.2, 0) is 9.59 Å². The molecule has 0 aromatic rings. The molecule has 1 fully saturated rings. The third-order valence-electron chi connectivity index (χ3n) is 3.44. The van der Waals surface area contributed by atoms with E-state index >= 15 is 0 Å². The average molecular weight is 242 g/mol. The number of nitrogens with two attached hydrogens (primary N) is 1. The maximum absolute atomic E-state index is 11.9. The number of carboxylic acid groups (broad SMARTS) is 1. The van der Waals surface area contributed by atoms with Crippen LogP contribution in [0.1, 0.15) is 39.5 Å². The maximum Gasteiger partial charge on any atom is 0.310 e. The van der Waals surface area contributed by atoms with E-state index in [1.807, 2.05) is 0 Å². The summed E-state index contributed by atoms with van der Waals surface area (Å²) in [6.07, 6.45) is 3.78. The lowest BCUT2D eigenvalue weighted by molar-refractivity contribution is -0.146. The van der Waals surface area contributed by atoms with Crippen molar-refractivity contribution in [1.29, 1.82) is 0 Å². The number of hydrogen-bond acceptors (Lipinski definition) is 3. The van der Waals surface area contributed by atoms with Gasteiger partial charge in [0.2, 0.25) is 5.91 Å². The molecule has 0 aliphatic heterocycles. The zero-order valence-electron chi connectivity index (χ0n) is 10.5. The second-order valence-corrected chi connectivity index (χ2v) is 5.46. The van der Waals surface area contributed by atoms with Gasteiger partial charge in [-0.2, -0.15) is 0 Å². The van der Waals surface area contributed by atoms with Gasteiger partial charge in [0.25, 0.3) is 0 Å². The number of hydrogen-bond donors (Lipinski definition) is 3. The summed E-state index contributed by atoms with van der Waals surface area (Å²) in [4.78, 5) is 22.8. The van der Waals surface area contributed by atoms with Gasteiger partial charge in [-0.25, -0.2) is 0 Å². The quantitative estimate of drug-likeness (QED) is 0.677. The first-order valence-corrected chi connectivity index (χ1v) is 6.11. The summed E-state index contributed by atoms with van der Waals surface area (Å²) in [5.41, 5.74) is 4.97. The van der Waals surface area contributed by atoms with Crippen LogP contribution in [0.3, 0.4) is 0 Å². The zero-order valence-corrected chi connectivity index (χ0v) is 10.5. The molecule has 98 valence electrons. The van der Waals surface area contributed by atoms with Gasteiger partial charge in [-0.15, -0.1) is 0 Å². The first-order chi connectivity index (χ1) is 7.84. The van der Waals surface area contributed by atoms with Crippen LogP contribution < -0.4 is 11.1 Å². The number of aliphatic carboxylic acids is 1. The van der Waals surface area contributed by atoms with E-state index in [0.29, 0.717) is 0 Å². The van der Waals surface area contributed by atoms with Crippen LogP contribution in [0, 0.1) is 11.3 Å². The highest BCUT2D eigenvalue weighted by Gasteiger charge is 2.31. The number of rotatable bonds is 4. The summed E-state index contributed by atoms with van der Waals surface area (Å²) in [7, 11) is 0. The Morgan fingerprint density at radius 2 is 1.94 bits per heavy atom. The van der Waals surface area contributed by atoms with E-state index < -0.39 is 11.4 Å². The molecule has 0 saturated heterocycles. The van der Waals surface area contributed by atoms with Gasteiger partial charge in [0.1, 0.15) is 0 Å². The molecule has 0 spiro atoms. The number of carbonyl (C=O) groups is 2. The molecule has 1 amide bonds. The predicted molar refractivity (Wildman–Crippen MR) is 64.4 cm³/mol. The van der Waals surface area contributed by atoms with E-state index in [1.54, 1.807) is 13.8 Å². The van der Waals surface area contributed by atoms with Crippen molar-refractivity contribution >= 4 is 11.9 Å². The minimum atomic E-state index is -0.936. The normalized spacial score (nSPS) is 25.4. The van der Waals surface area contributed by atoms with Gasteiger partial charge in [-0.3, -0.25) is 9.59 Å². The molecule has 2 unspecified atom stereocenters. The SMILES string of the molecule is CC(C)(CNC(=O)C1CCCCC1N)C(=O)O. The topological polar surface area (TPSA) is 92.4 Å². The molecule has 17 heavy (non-hydrogen) atoms. The third kappa shape index (κ3) is 3.70. The minimum absolute atomic E-state index is 0.0864. The Kier molecular flexibility index (Phi) is 4.51. The van der Waals surface area contributed by atoms with Crippen LogP contribution in [-0.4, -0.2) is 29.6 Å². The maximum atomic E-state index is 11.9. The molecular formula is C12H22N2O3. The molecule has 0 aromatic heterocycles. The van der Waals surface area contributed by atoms with Gasteiger partial charge in [0.05, 0.1) is 11.3 Å². The predicted octanol–water partition coefficient (Wildman–Crippen LogP) is 0.731. The molecule has 2 atom stereocenters. The Balaban J connectivity index is 2.46. The van der Waals surface area contributed by atoms with Crippen LogP contribution in [0.25, 0.3) is 0 Å². The summed E-state index contributed by atoms with van der Waals surface area (Å²) in [5.74, 6) is -1.18. The van der Waals surface area contributed by atoms with Crippen LogP contribution in [0.4, 0.5) is 0 Å². The van der Waals surface area contributed by atoms with E-state index in [1.165, 1.54) is 0 Å². The van der Waals surface area contributed by atoms with Gasteiger partial charge >= 0.3 is 5.97 Å². The summed E-state index contributed by atoms with van der Waals surface area (Å²) >= 11 is 0. The van der Waals surface area contributed by atoms with Crippen molar-refractivity contribution in [3.05, 3.63) is 0 Å². The molecule has 5 nitrogen and oxygen atoms in total. The summed E-state index contributed by atoms with van der Waals surface area (Å²) in [6.45, 7) is 3.33. The Morgan fingerprint density at radius 1 is 1.35 bits per heavy atom. The zero-order chi connectivity index (χ0) is 13.1. The van der Waals surface area contributed by atoms with Gasteiger partial charge in [-0.05, 0) is 26.7 Å². The molecule has 5 heteroatoms. The molecular weight excluding hydrogens is 220 g/mol. The van der Waals surface area contributed by atoms with Crippen LogP contribution in [0.5, 0.6) is 0 Å². The minimum Gasteiger partial charge on any atom is -0.481 e. The van der Waals surface area contributed by atoms with Crippen molar-refractivity contribution in [2.24, 2.45) is 17.1 Å². The fourth-order valence-electron chi connectivity index (χ4n) is 2.00. The number of carboxylic acids is 1. The van der Waals surface area contributed by atoms with Crippen LogP contribution in [0.15, 0.2) is 0 Å². The molecule has 0 heterocycles. The fourth-order valence-corrected chi connectivity index (χ4v) is 2.00. The molecule has 1 rings (SSSR count). The highest BCUT2D eigenvalue weighted by molar-refractivity contribution is 5.81. The Hall–Kier alpha value is -1.10. The summed E-state index contributed by atoms with van der Waals surface area (Å²) in [6, 6.07) is -0.0864. The second-order valence-electron chi connectivity index (χ2n) is 5.46.